The molecule has 194 valence electrons. The molecule has 7 heteroatoms. The molecule has 0 heterocycles. The highest BCUT2D eigenvalue weighted by Crippen LogP contribution is 2.38. The van der Waals surface area contributed by atoms with E-state index in [1.165, 1.54) is 31.2 Å². The summed E-state index contributed by atoms with van der Waals surface area (Å²) in [5.41, 5.74) is 1.86. The molecule has 0 spiro atoms. The highest BCUT2D eigenvalue weighted by molar-refractivity contribution is 5.84. The number of alkyl halides is 3. The molecule has 1 fully saturated rings. The molecule has 3 aromatic rings. The smallest absolute Gasteiger partial charge is 0.422 e. The minimum absolute atomic E-state index is 0.120. The molecule has 0 aromatic heterocycles. The summed E-state index contributed by atoms with van der Waals surface area (Å²) >= 11 is 0. The Hall–Kier alpha value is -2.70. The van der Waals surface area contributed by atoms with Gasteiger partial charge in [0.1, 0.15) is 5.82 Å². The predicted molar refractivity (Wildman–Crippen MR) is 129 cm³/mol. The van der Waals surface area contributed by atoms with E-state index in [0.29, 0.717) is 16.9 Å². The molecule has 0 amide bonds. The molecule has 0 atom stereocenters. The first kappa shape index (κ1) is 26.4. The highest BCUT2D eigenvalue weighted by atomic mass is 19.4. The van der Waals surface area contributed by atoms with Gasteiger partial charge < -0.3 is 4.74 Å². The zero-order valence-electron chi connectivity index (χ0n) is 20.2. The fourth-order valence-electron chi connectivity index (χ4n) is 5.32. The molecule has 1 saturated carbocycles. The van der Waals surface area contributed by atoms with Crippen LogP contribution in [0.3, 0.4) is 0 Å². The average Bonchev–Trinajstić information content (AvgIpc) is 2.83. The van der Waals surface area contributed by atoms with Crippen LogP contribution < -0.4 is 4.74 Å². The SMILES string of the molecule is CCCC1CCC(c2ccc3c(F)c(CCc4cc(F)c(OCC(F)(F)F)c(F)c4)ccc3c2)CC1. The third kappa shape index (κ3) is 6.34. The second-order valence-electron chi connectivity index (χ2n) is 9.82. The fourth-order valence-corrected chi connectivity index (χ4v) is 5.32. The van der Waals surface area contributed by atoms with Crippen molar-refractivity contribution < 1.29 is 31.1 Å². The number of benzene rings is 3. The van der Waals surface area contributed by atoms with Crippen LogP contribution in [0, 0.1) is 23.4 Å². The number of hydrogen-bond donors (Lipinski definition) is 0. The molecule has 1 aliphatic carbocycles. The zero-order valence-corrected chi connectivity index (χ0v) is 20.2. The van der Waals surface area contributed by atoms with Crippen molar-refractivity contribution in [3.8, 4) is 5.75 Å². The second kappa shape index (κ2) is 11.1. The molecule has 0 bridgehead atoms. The van der Waals surface area contributed by atoms with Gasteiger partial charge >= 0.3 is 6.18 Å². The van der Waals surface area contributed by atoms with Crippen molar-refractivity contribution in [2.75, 3.05) is 6.61 Å². The van der Waals surface area contributed by atoms with Crippen LogP contribution in [0.25, 0.3) is 10.8 Å². The molecule has 0 N–H and O–H groups in total. The molecular formula is C29H30F6O. The maximum absolute atomic E-state index is 15.2. The van der Waals surface area contributed by atoms with Crippen LogP contribution >= 0.6 is 0 Å². The van der Waals surface area contributed by atoms with Gasteiger partial charge in [0.25, 0.3) is 0 Å². The Morgan fingerprint density at radius 2 is 1.56 bits per heavy atom. The molecule has 0 radical (unpaired) electrons. The number of halogens is 6. The first-order chi connectivity index (χ1) is 17.1. The summed E-state index contributed by atoms with van der Waals surface area (Å²) in [6, 6.07) is 11.3. The Bertz CT molecular complexity index is 1170. The molecular weight excluding hydrogens is 478 g/mol. The Balaban J connectivity index is 1.44. The van der Waals surface area contributed by atoms with Crippen LogP contribution in [-0.4, -0.2) is 12.8 Å². The number of aryl methyl sites for hydroxylation is 2. The van der Waals surface area contributed by atoms with Gasteiger partial charge in [0.05, 0.1) is 0 Å². The quantitative estimate of drug-likeness (QED) is 0.276. The van der Waals surface area contributed by atoms with Crippen molar-refractivity contribution in [1.29, 1.82) is 0 Å². The summed E-state index contributed by atoms with van der Waals surface area (Å²) in [5.74, 6) is -2.55. The summed E-state index contributed by atoms with van der Waals surface area (Å²) in [6.07, 6.45) is 2.89. The minimum atomic E-state index is -4.71. The number of rotatable bonds is 8. The van der Waals surface area contributed by atoms with Crippen molar-refractivity contribution >= 4 is 10.8 Å². The summed E-state index contributed by atoms with van der Waals surface area (Å²) in [7, 11) is 0. The third-order valence-electron chi connectivity index (χ3n) is 7.19. The van der Waals surface area contributed by atoms with E-state index in [1.54, 1.807) is 6.07 Å². The van der Waals surface area contributed by atoms with E-state index in [-0.39, 0.29) is 24.2 Å². The van der Waals surface area contributed by atoms with Crippen LogP contribution in [0.1, 0.15) is 68.1 Å². The van der Waals surface area contributed by atoms with Gasteiger partial charge in [-0.1, -0.05) is 50.1 Å². The lowest BCUT2D eigenvalue weighted by Gasteiger charge is -2.28. The molecule has 3 aromatic carbocycles. The largest absolute Gasteiger partial charge is 0.478 e. The van der Waals surface area contributed by atoms with E-state index in [4.69, 9.17) is 0 Å². The standard InChI is InChI=1S/C29H30F6O/c1-2-3-18-4-7-20(8-5-18)22-12-13-24-23(16-22)11-10-21(27(24)32)9-6-19-14-25(30)28(26(31)15-19)36-17-29(33,34)35/h10-16,18,20H,2-9,17H2,1H3. The molecule has 0 unspecified atom stereocenters. The van der Waals surface area contributed by atoms with Crippen LogP contribution in [0.2, 0.25) is 0 Å². The zero-order chi connectivity index (χ0) is 25.9. The Morgan fingerprint density at radius 1 is 0.861 bits per heavy atom. The van der Waals surface area contributed by atoms with Crippen LogP contribution in [0.4, 0.5) is 26.3 Å². The maximum atomic E-state index is 15.2. The van der Waals surface area contributed by atoms with Crippen molar-refractivity contribution in [2.24, 2.45) is 5.92 Å². The van der Waals surface area contributed by atoms with E-state index >= 15 is 4.39 Å². The number of hydrogen-bond acceptors (Lipinski definition) is 1. The van der Waals surface area contributed by atoms with E-state index in [0.717, 1.165) is 36.3 Å². The Kier molecular flexibility index (Phi) is 8.16. The van der Waals surface area contributed by atoms with Crippen LogP contribution in [0.5, 0.6) is 5.75 Å². The van der Waals surface area contributed by atoms with Crippen molar-refractivity contribution in [1.82, 2.24) is 0 Å². The lowest BCUT2D eigenvalue weighted by Crippen LogP contribution is -2.20. The number of ether oxygens (including phenoxy) is 1. The average molecular weight is 509 g/mol. The molecule has 36 heavy (non-hydrogen) atoms. The summed E-state index contributed by atoms with van der Waals surface area (Å²) in [5, 5.41) is 1.33. The van der Waals surface area contributed by atoms with E-state index in [2.05, 4.69) is 17.7 Å². The van der Waals surface area contributed by atoms with Gasteiger partial charge in [0.2, 0.25) is 0 Å². The second-order valence-corrected chi connectivity index (χ2v) is 9.82. The topological polar surface area (TPSA) is 9.23 Å². The number of fused-ring (bicyclic) bond motifs is 1. The minimum Gasteiger partial charge on any atom is -0.478 e. The highest BCUT2D eigenvalue weighted by Gasteiger charge is 2.30. The Labute approximate surface area is 207 Å². The van der Waals surface area contributed by atoms with Gasteiger partial charge in [-0.05, 0) is 84.6 Å². The van der Waals surface area contributed by atoms with Crippen LogP contribution in [-0.2, 0) is 12.8 Å². The fraction of sp³-hybridized carbons (Fsp3) is 0.448. The van der Waals surface area contributed by atoms with Gasteiger partial charge in [0.15, 0.2) is 24.0 Å². The molecule has 4 rings (SSSR count). The van der Waals surface area contributed by atoms with Crippen molar-refractivity contribution in [2.45, 2.75) is 70.4 Å². The molecule has 0 aliphatic heterocycles. The monoisotopic (exact) mass is 508 g/mol. The molecule has 0 saturated heterocycles. The van der Waals surface area contributed by atoms with Gasteiger partial charge in [-0.3, -0.25) is 0 Å². The normalized spacial score (nSPS) is 18.5. The van der Waals surface area contributed by atoms with Gasteiger partial charge in [0, 0.05) is 5.39 Å². The maximum Gasteiger partial charge on any atom is 0.422 e. The predicted octanol–water partition coefficient (Wildman–Crippen LogP) is 9.06. The Morgan fingerprint density at radius 3 is 2.19 bits per heavy atom. The first-order valence-corrected chi connectivity index (χ1v) is 12.5. The summed E-state index contributed by atoms with van der Waals surface area (Å²) < 4.78 is 84.7. The van der Waals surface area contributed by atoms with Crippen molar-refractivity contribution in [3.63, 3.8) is 0 Å². The van der Waals surface area contributed by atoms with E-state index in [1.807, 2.05) is 18.2 Å². The van der Waals surface area contributed by atoms with Gasteiger partial charge in [-0.15, -0.1) is 0 Å². The molecule has 1 aliphatic rings. The van der Waals surface area contributed by atoms with Crippen molar-refractivity contribution in [3.05, 3.63) is 76.6 Å². The van der Waals surface area contributed by atoms with Gasteiger partial charge in [-0.2, -0.15) is 13.2 Å². The van der Waals surface area contributed by atoms with E-state index < -0.39 is 30.2 Å². The van der Waals surface area contributed by atoms with Gasteiger partial charge in [-0.25, -0.2) is 13.2 Å². The summed E-state index contributed by atoms with van der Waals surface area (Å²) in [6.45, 7) is 0.437. The molecule has 1 nitrogen and oxygen atoms in total. The van der Waals surface area contributed by atoms with Crippen LogP contribution in [0.15, 0.2) is 42.5 Å². The lowest BCUT2D eigenvalue weighted by molar-refractivity contribution is -0.154. The summed E-state index contributed by atoms with van der Waals surface area (Å²) in [4.78, 5) is 0. The third-order valence-corrected chi connectivity index (χ3v) is 7.19. The lowest BCUT2D eigenvalue weighted by atomic mass is 9.77. The first-order valence-electron chi connectivity index (χ1n) is 12.5. The van der Waals surface area contributed by atoms with E-state index in [9.17, 15) is 22.0 Å².